The van der Waals surface area contributed by atoms with Crippen LogP contribution in [0.3, 0.4) is 0 Å². The molecule has 2 amide bonds. The third-order valence-corrected chi connectivity index (χ3v) is 2.86. The zero-order valence-electron chi connectivity index (χ0n) is 11.2. The first-order valence-electron chi connectivity index (χ1n) is 6.23. The van der Waals surface area contributed by atoms with Crippen molar-refractivity contribution < 1.29 is 18.3 Å². The average molecular weight is 328 g/mol. The molecule has 1 aromatic heterocycles. The standard InChI is InChI=1S/C14H12ClF2N3O2/c15-11-7-9(4-5-12(11)22-13(16)17)20-14(21)19-8-10-3-1-2-6-18-10/h1-7,13H,8H2,(H2,19,20,21). The SMILES string of the molecule is O=C(NCc1ccccn1)Nc1ccc(OC(F)F)c(Cl)c1. The van der Waals surface area contributed by atoms with Crippen molar-refractivity contribution in [2.24, 2.45) is 0 Å². The number of pyridine rings is 1. The number of nitrogens with one attached hydrogen (secondary N) is 2. The van der Waals surface area contributed by atoms with Crippen LogP contribution in [-0.4, -0.2) is 17.6 Å². The van der Waals surface area contributed by atoms with Crippen molar-refractivity contribution in [3.05, 3.63) is 53.3 Å². The van der Waals surface area contributed by atoms with E-state index in [1.165, 1.54) is 18.2 Å². The lowest BCUT2D eigenvalue weighted by molar-refractivity contribution is -0.0497. The van der Waals surface area contributed by atoms with Crippen LogP contribution in [0.15, 0.2) is 42.6 Å². The monoisotopic (exact) mass is 327 g/mol. The minimum Gasteiger partial charge on any atom is -0.433 e. The number of rotatable bonds is 5. The fraction of sp³-hybridized carbons (Fsp3) is 0.143. The molecular weight excluding hydrogens is 316 g/mol. The third kappa shape index (κ3) is 4.85. The molecule has 0 aliphatic rings. The van der Waals surface area contributed by atoms with E-state index < -0.39 is 12.6 Å². The molecule has 22 heavy (non-hydrogen) atoms. The summed E-state index contributed by atoms with van der Waals surface area (Å²) in [5.41, 5.74) is 1.06. The van der Waals surface area contributed by atoms with E-state index in [2.05, 4.69) is 20.4 Å². The molecule has 2 aromatic rings. The van der Waals surface area contributed by atoms with Crippen molar-refractivity contribution in [2.75, 3.05) is 5.32 Å². The van der Waals surface area contributed by atoms with Crippen molar-refractivity contribution in [3.63, 3.8) is 0 Å². The predicted molar refractivity (Wildman–Crippen MR) is 78.2 cm³/mol. The largest absolute Gasteiger partial charge is 0.433 e. The lowest BCUT2D eigenvalue weighted by Gasteiger charge is -2.10. The summed E-state index contributed by atoms with van der Waals surface area (Å²) in [7, 11) is 0. The molecule has 8 heteroatoms. The first-order valence-corrected chi connectivity index (χ1v) is 6.61. The van der Waals surface area contributed by atoms with Crippen LogP contribution < -0.4 is 15.4 Å². The number of benzene rings is 1. The normalized spacial score (nSPS) is 10.4. The number of carbonyl (C=O) groups excluding carboxylic acids is 1. The van der Waals surface area contributed by atoms with Gasteiger partial charge in [0.1, 0.15) is 5.75 Å². The number of halogens is 3. The number of carbonyl (C=O) groups is 1. The van der Waals surface area contributed by atoms with Gasteiger partial charge in [0, 0.05) is 11.9 Å². The van der Waals surface area contributed by atoms with Gasteiger partial charge in [0.25, 0.3) is 0 Å². The molecule has 2 N–H and O–H groups in total. The van der Waals surface area contributed by atoms with Gasteiger partial charge in [-0.05, 0) is 30.3 Å². The molecule has 0 aliphatic carbocycles. The highest BCUT2D eigenvalue weighted by Crippen LogP contribution is 2.28. The van der Waals surface area contributed by atoms with Crippen LogP contribution in [0.4, 0.5) is 19.3 Å². The van der Waals surface area contributed by atoms with E-state index in [1.807, 2.05) is 6.07 Å². The summed E-state index contributed by atoms with van der Waals surface area (Å²) < 4.78 is 28.4. The highest BCUT2D eigenvalue weighted by Gasteiger charge is 2.10. The highest BCUT2D eigenvalue weighted by molar-refractivity contribution is 6.32. The molecule has 116 valence electrons. The molecule has 0 bridgehead atoms. The van der Waals surface area contributed by atoms with Crippen LogP contribution in [-0.2, 0) is 6.54 Å². The van der Waals surface area contributed by atoms with E-state index in [4.69, 9.17) is 11.6 Å². The van der Waals surface area contributed by atoms with E-state index in [9.17, 15) is 13.6 Å². The van der Waals surface area contributed by atoms with Gasteiger partial charge in [-0.2, -0.15) is 8.78 Å². The fourth-order valence-electron chi connectivity index (χ4n) is 1.62. The summed E-state index contributed by atoms with van der Waals surface area (Å²) in [4.78, 5) is 15.8. The van der Waals surface area contributed by atoms with Gasteiger partial charge in [0.05, 0.1) is 17.3 Å². The Kier molecular flexibility index (Phi) is 5.48. The summed E-state index contributed by atoms with van der Waals surface area (Å²) in [6.07, 6.45) is 1.62. The Morgan fingerprint density at radius 1 is 1.32 bits per heavy atom. The first-order chi connectivity index (χ1) is 10.5. The first kappa shape index (κ1) is 16.0. The van der Waals surface area contributed by atoms with E-state index >= 15 is 0 Å². The van der Waals surface area contributed by atoms with E-state index in [0.29, 0.717) is 11.4 Å². The Balaban J connectivity index is 1.90. The van der Waals surface area contributed by atoms with Crippen LogP contribution in [0.5, 0.6) is 5.75 Å². The summed E-state index contributed by atoms with van der Waals surface area (Å²) in [5, 5.41) is 5.11. The van der Waals surface area contributed by atoms with Gasteiger partial charge in [-0.15, -0.1) is 0 Å². The summed E-state index contributed by atoms with van der Waals surface area (Å²) in [5.74, 6) is -0.156. The molecule has 2 rings (SSSR count). The van der Waals surface area contributed by atoms with Crippen LogP contribution in [0.1, 0.15) is 5.69 Å². The average Bonchev–Trinajstić information content (AvgIpc) is 2.49. The quantitative estimate of drug-likeness (QED) is 0.881. The van der Waals surface area contributed by atoms with Crippen LogP contribution in [0.2, 0.25) is 5.02 Å². The maximum absolute atomic E-state index is 12.1. The maximum Gasteiger partial charge on any atom is 0.387 e. The topological polar surface area (TPSA) is 63.2 Å². The zero-order chi connectivity index (χ0) is 15.9. The molecule has 0 spiro atoms. The molecule has 0 aliphatic heterocycles. The lowest BCUT2D eigenvalue weighted by atomic mass is 10.3. The van der Waals surface area contributed by atoms with Crippen molar-refractivity contribution in [1.82, 2.24) is 10.3 Å². The second-order valence-electron chi connectivity index (χ2n) is 4.15. The summed E-state index contributed by atoms with van der Waals surface area (Å²) >= 11 is 5.79. The van der Waals surface area contributed by atoms with E-state index in [0.717, 1.165) is 0 Å². The second kappa shape index (κ2) is 7.56. The Hall–Kier alpha value is -2.41. The van der Waals surface area contributed by atoms with Gasteiger partial charge in [-0.3, -0.25) is 4.98 Å². The highest BCUT2D eigenvalue weighted by atomic mass is 35.5. The Bertz CT molecular complexity index is 641. The molecule has 0 atom stereocenters. The van der Waals surface area contributed by atoms with E-state index in [-0.39, 0.29) is 17.3 Å². The molecule has 0 saturated carbocycles. The Morgan fingerprint density at radius 2 is 2.14 bits per heavy atom. The van der Waals surface area contributed by atoms with Crippen LogP contribution in [0, 0.1) is 0 Å². The number of hydrogen-bond acceptors (Lipinski definition) is 3. The number of alkyl halides is 2. The molecule has 1 aromatic carbocycles. The minimum atomic E-state index is -2.96. The number of ether oxygens (including phenoxy) is 1. The molecule has 5 nitrogen and oxygen atoms in total. The van der Waals surface area contributed by atoms with Crippen molar-refractivity contribution in [3.8, 4) is 5.75 Å². The van der Waals surface area contributed by atoms with Crippen molar-refractivity contribution in [2.45, 2.75) is 13.2 Å². The van der Waals surface area contributed by atoms with Gasteiger partial charge in [-0.1, -0.05) is 17.7 Å². The van der Waals surface area contributed by atoms with Gasteiger partial charge in [0.2, 0.25) is 0 Å². The zero-order valence-corrected chi connectivity index (χ0v) is 12.0. The van der Waals surface area contributed by atoms with Crippen LogP contribution >= 0.6 is 11.6 Å². The lowest BCUT2D eigenvalue weighted by Crippen LogP contribution is -2.28. The van der Waals surface area contributed by atoms with E-state index in [1.54, 1.807) is 18.3 Å². The van der Waals surface area contributed by atoms with Gasteiger partial charge in [-0.25, -0.2) is 4.79 Å². The number of hydrogen-bond donors (Lipinski definition) is 2. The smallest absolute Gasteiger partial charge is 0.387 e. The van der Waals surface area contributed by atoms with Crippen molar-refractivity contribution >= 4 is 23.3 Å². The number of nitrogens with zero attached hydrogens (tertiary/aromatic N) is 1. The predicted octanol–water partition coefficient (Wildman–Crippen LogP) is 3.66. The number of anilines is 1. The summed E-state index contributed by atoms with van der Waals surface area (Å²) in [6, 6.07) is 8.86. The molecule has 0 fully saturated rings. The molecule has 0 saturated heterocycles. The number of amides is 2. The molecule has 0 unspecified atom stereocenters. The molecular formula is C14H12ClF2N3O2. The Labute approximate surface area is 130 Å². The van der Waals surface area contributed by atoms with Crippen molar-refractivity contribution in [1.29, 1.82) is 0 Å². The maximum atomic E-state index is 12.1. The fourth-order valence-corrected chi connectivity index (χ4v) is 1.84. The minimum absolute atomic E-state index is 0.0252. The Morgan fingerprint density at radius 3 is 2.77 bits per heavy atom. The molecule has 0 radical (unpaired) electrons. The van der Waals surface area contributed by atoms with Gasteiger partial charge < -0.3 is 15.4 Å². The third-order valence-electron chi connectivity index (χ3n) is 2.56. The second-order valence-corrected chi connectivity index (χ2v) is 4.56. The van der Waals surface area contributed by atoms with Crippen LogP contribution in [0.25, 0.3) is 0 Å². The number of urea groups is 1. The molecule has 1 heterocycles. The van der Waals surface area contributed by atoms with Gasteiger partial charge in [0.15, 0.2) is 0 Å². The number of aromatic nitrogens is 1. The summed E-state index contributed by atoms with van der Waals surface area (Å²) in [6.45, 7) is -2.70. The van der Waals surface area contributed by atoms with Gasteiger partial charge >= 0.3 is 12.6 Å².